The fourth-order valence-electron chi connectivity index (χ4n) is 2.12. The van der Waals surface area contributed by atoms with Gasteiger partial charge in [-0.1, -0.05) is 23.7 Å². The van der Waals surface area contributed by atoms with E-state index >= 15 is 0 Å². The average molecular weight is 345 g/mol. The zero-order chi connectivity index (χ0) is 16.9. The first-order valence-electron chi connectivity index (χ1n) is 7.70. The van der Waals surface area contributed by atoms with Crippen LogP contribution in [0.4, 0.5) is 11.4 Å². The van der Waals surface area contributed by atoms with Crippen molar-refractivity contribution in [3.8, 4) is 5.75 Å². The highest BCUT2D eigenvalue weighted by Gasteiger charge is 2.29. The van der Waals surface area contributed by atoms with Crippen LogP contribution in [0.15, 0.2) is 48.5 Å². The van der Waals surface area contributed by atoms with Crippen molar-refractivity contribution < 1.29 is 14.3 Å². The molecule has 0 saturated heterocycles. The van der Waals surface area contributed by atoms with Gasteiger partial charge in [0.05, 0.1) is 10.7 Å². The number of nitrogens with one attached hydrogen (secondary N) is 2. The second kappa shape index (κ2) is 7.36. The summed E-state index contributed by atoms with van der Waals surface area (Å²) in [6, 6.07) is 13.9. The van der Waals surface area contributed by atoms with Crippen LogP contribution in [0, 0.1) is 5.92 Å². The molecule has 2 N–H and O–H groups in total. The summed E-state index contributed by atoms with van der Waals surface area (Å²) < 4.78 is 5.43. The fraction of sp³-hybridized carbons (Fsp3) is 0.222. The fourth-order valence-corrected chi connectivity index (χ4v) is 2.31. The second-order valence-electron chi connectivity index (χ2n) is 5.60. The standard InChI is InChI=1S/C18H17ClN2O3/c19-15-3-1-2-4-16(15)21-17(22)11-24-14-9-7-13(8-10-14)20-18(23)12-5-6-12/h1-4,7-10,12H,5-6,11H2,(H,20,23)(H,21,22). The van der Waals surface area contributed by atoms with Gasteiger partial charge < -0.3 is 15.4 Å². The number of hydrogen-bond donors (Lipinski definition) is 2. The van der Waals surface area contributed by atoms with Gasteiger partial charge in [-0.15, -0.1) is 0 Å². The molecule has 1 aliphatic carbocycles. The van der Waals surface area contributed by atoms with Gasteiger partial charge in [0.2, 0.25) is 5.91 Å². The molecule has 1 saturated carbocycles. The van der Waals surface area contributed by atoms with E-state index in [4.69, 9.17) is 16.3 Å². The van der Waals surface area contributed by atoms with Crippen molar-refractivity contribution >= 4 is 34.8 Å². The molecule has 0 spiro atoms. The summed E-state index contributed by atoms with van der Waals surface area (Å²) in [6.07, 6.45) is 1.93. The molecule has 2 amide bonds. The maximum atomic E-state index is 11.9. The molecular weight excluding hydrogens is 328 g/mol. The predicted molar refractivity (Wildman–Crippen MR) is 93.4 cm³/mol. The van der Waals surface area contributed by atoms with Crippen molar-refractivity contribution in [1.29, 1.82) is 0 Å². The largest absolute Gasteiger partial charge is 0.484 e. The summed E-state index contributed by atoms with van der Waals surface area (Å²) in [5.74, 6) is 0.472. The first-order valence-corrected chi connectivity index (χ1v) is 8.08. The van der Waals surface area contributed by atoms with Gasteiger partial charge in [0.25, 0.3) is 5.91 Å². The van der Waals surface area contributed by atoms with Crippen molar-refractivity contribution in [3.05, 3.63) is 53.6 Å². The van der Waals surface area contributed by atoms with Gasteiger partial charge in [-0.3, -0.25) is 9.59 Å². The second-order valence-corrected chi connectivity index (χ2v) is 6.01. The number of carbonyl (C=O) groups excluding carboxylic acids is 2. The molecule has 0 heterocycles. The van der Waals surface area contributed by atoms with Gasteiger partial charge in [0.1, 0.15) is 5.75 Å². The Kier molecular flexibility index (Phi) is 5.01. The molecule has 0 aliphatic heterocycles. The Bertz CT molecular complexity index is 742. The quantitative estimate of drug-likeness (QED) is 0.839. The minimum Gasteiger partial charge on any atom is -0.484 e. The molecule has 0 aromatic heterocycles. The Morgan fingerprint density at radius 2 is 1.75 bits per heavy atom. The number of hydrogen-bond acceptors (Lipinski definition) is 3. The van der Waals surface area contributed by atoms with Gasteiger partial charge in [0.15, 0.2) is 6.61 Å². The smallest absolute Gasteiger partial charge is 0.262 e. The van der Waals surface area contributed by atoms with Crippen LogP contribution >= 0.6 is 11.6 Å². The van der Waals surface area contributed by atoms with E-state index in [0.29, 0.717) is 16.5 Å². The molecule has 5 nitrogen and oxygen atoms in total. The van der Waals surface area contributed by atoms with Crippen LogP contribution in [0.5, 0.6) is 5.75 Å². The zero-order valence-electron chi connectivity index (χ0n) is 12.9. The minimum atomic E-state index is -0.297. The van der Waals surface area contributed by atoms with E-state index in [0.717, 1.165) is 18.5 Å². The number of anilines is 2. The highest BCUT2D eigenvalue weighted by Crippen LogP contribution is 2.30. The number of para-hydroxylation sites is 1. The summed E-state index contributed by atoms with van der Waals surface area (Å²) in [5, 5.41) is 6.00. The van der Waals surface area contributed by atoms with Crippen LogP contribution in [-0.2, 0) is 9.59 Å². The van der Waals surface area contributed by atoms with E-state index in [1.165, 1.54) is 0 Å². The van der Waals surface area contributed by atoms with Crippen molar-refractivity contribution in [1.82, 2.24) is 0 Å². The lowest BCUT2D eigenvalue weighted by atomic mass is 10.3. The van der Waals surface area contributed by atoms with Crippen LogP contribution in [0.25, 0.3) is 0 Å². The number of ether oxygens (including phenoxy) is 1. The minimum absolute atomic E-state index is 0.0581. The number of amides is 2. The number of carbonyl (C=O) groups is 2. The number of halogens is 1. The Labute approximate surface area is 145 Å². The Morgan fingerprint density at radius 3 is 2.42 bits per heavy atom. The summed E-state index contributed by atoms with van der Waals surface area (Å²) >= 11 is 5.98. The van der Waals surface area contributed by atoms with E-state index in [1.54, 1.807) is 48.5 Å². The van der Waals surface area contributed by atoms with Gasteiger partial charge in [0, 0.05) is 11.6 Å². The van der Waals surface area contributed by atoms with Gasteiger partial charge in [-0.2, -0.15) is 0 Å². The summed E-state index contributed by atoms with van der Waals surface area (Å²) in [5.41, 5.74) is 1.27. The van der Waals surface area contributed by atoms with Crippen molar-refractivity contribution in [2.45, 2.75) is 12.8 Å². The molecule has 2 aromatic carbocycles. The molecule has 0 unspecified atom stereocenters. The number of rotatable bonds is 6. The molecule has 1 fully saturated rings. The van der Waals surface area contributed by atoms with Crippen LogP contribution in [0.1, 0.15) is 12.8 Å². The van der Waals surface area contributed by atoms with Gasteiger partial charge in [-0.05, 0) is 49.2 Å². The van der Waals surface area contributed by atoms with E-state index in [9.17, 15) is 9.59 Å². The molecule has 124 valence electrons. The van der Waals surface area contributed by atoms with Gasteiger partial charge >= 0.3 is 0 Å². The maximum Gasteiger partial charge on any atom is 0.262 e. The van der Waals surface area contributed by atoms with E-state index in [-0.39, 0.29) is 24.3 Å². The summed E-state index contributed by atoms with van der Waals surface area (Å²) in [4.78, 5) is 23.6. The highest BCUT2D eigenvalue weighted by atomic mass is 35.5. The molecule has 24 heavy (non-hydrogen) atoms. The molecule has 0 atom stereocenters. The highest BCUT2D eigenvalue weighted by molar-refractivity contribution is 6.33. The summed E-state index contributed by atoms with van der Waals surface area (Å²) in [6.45, 7) is -0.126. The lowest BCUT2D eigenvalue weighted by molar-refractivity contribution is -0.118. The zero-order valence-corrected chi connectivity index (χ0v) is 13.7. The van der Waals surface area contributed by atoms with Crippen LogP contribution in [0.2, 0.25) is 5.02 Å². The Hall–Kier alpha value is -2.53. The van der Waals surface area contributed by atoms with Crippen molar-refractivity contribution in [2.75, 3.05) is 17.2 Å². The number of benzene rings is 2. The average Bonchev–Trinajstić information content (AvgIpc) is 3.41. The first kappa shape index (κ1) is 16.3. The molecule has 0 radical (unpaired) electrons. The van der Waals surface area contributed by atoms with Gasteiger partial charge in [-0.25, -0.2) is 0 Å². The van der Waals surface area contributed by atoms with Crippen molar-refractivity contribution in [3.63, 3.8) is 0 Å². The van der Waals surface area contributed by atoms with Crippen LogP contribution in [0.3, 0.4) is 0 Å². The van der Waals surface area contributed by atoms with E-state index in [1.807, 2.05) is 0 Å². The van der Waals surface area contributed by atoms with Crippen LogP contribution < -0.4 is 15.4 Å². The Morgan fingerprint density at radius 1 is 1.04 bits per heavy atom. The third kappa shape index (κ3) is 4.49. The van der Waals surface area contributed by atoms with E-state index < -0.39 is 0 Å². The molecular formula is C18H17ClN2O3. The van der Waals surface area contributed by atoms with Crippen LogP contribution in [-0.4, -0.2) is 18.4 Å². The molecule has 0 bridgehead atoms. The predicted octanol–water partition coefficient (Wildman–Crippen LogP) is 3.71. The van der Waals surface area contributed by atoms with Crippen molar-refractivity contribution in [2.24, 2.45) is 5.92 Å². The van der Waals surface area contributed by atoms with E-state index in [2.05, 4.69) is 10.6 Å². The normalized spacial score (nSPS) is 13.2. The third-order valence-electron chi connectivity index (χ3n) is 3.59. The summed E-state index contributed by atoms with van der Waals surface area (Å²) in [7, 11) is 0. The molecule has 6 heteroatoms. The SMILES string of the molecule is O=C(COc1ccc(NC(=O)C2CC2)cc1)Nc1ccccc1Cl. The lowest BCUT2D eigenvalue weighted by Gasteiger charge is -2.09. The molecule has 1 aliphatic rings. The first-order chi connectivity index (χ1) is 11.6. The molecule has 2 aromatic rings. The monoisotopic (exact) mass is 344 g/mol. The lowest BCUT2D eigenvalue weighted by Crippen LogP contribution is -2.20. The topological polar surface area (TPSA) is 67.4 Å². The Balaban J connectivity index is 1.48. The molecule has 3 rings (SSSR count). The maximum absolute atomic E-state index is 11.9. The third-order valence-corrected chi connectivity index (χ3v) is 3.92.